The number of hydrogen-bond acceptors (Lipinski definition) is 3. The number of benzene rings is 1. The van der Waals surface area contributed by atoms with E-state index in [2.05, 4.69) is 28.5 Å². The van der Waals surface area contributed by atoms with Crippen LogP contribution in [0.3, 0.4) is 0 Å². The SMILES string of the molecule is Cc1ccc(Nc2cc(Cl)nnc2Cl)c(C)c1. The van der Waals surface area contributed by atoms with Crippen LogP contribution < -0.4 is 5.32 Å². The molecule has 0 aliphatic rings. The molecule has 0 aliphatic heterocycles. The number of anilines is 2. The number of halogens is 2. The van der Waals surface area contributed by atoms with Crippen molar-refractivity contribution in [3.05, 3.63) is 45.7 Å². The van der Waals surface area contributed by atoms with E-state index in [1.807, 2.05) is 19.1 Å². The number of rotatable bonds is 2. The highest BCUT2D eigenvalue weighted by Gasteiger charge is 2.06. The zero-order valence-corrected chi connectivity index (χ0v) is 11.0. The zero-order chi connectivity index (χ0) is 12.4. The molecule has 2 rings (SSSR count). The van der Waals surface area contributed by atoms with Gasteiger partial charge >= 0.3 is 0 Å². The molecule has 3 nitrogen and oxygen atoms in total. The molecule has 0 amide bonds. The minimum absolute atomic E-state index is 0.300. The van der Waals surface area contributed by atoms with E-state index >= 15 is 0 Å². The average molecular weight is 268 g/mol. The van der Waals surface area contributed by atoms with Gasteiger partial charge in [0.25, 0.3) is 0 Å². The van der Waals surface area contributed by atoms with Crippen LogP contribution in [-0.4, -0.2) is 10.2 Å². The van der Waals surface area contributed by atoms with E-state index in [-0.39, 0.29) is 0 Å². The monoisotopic (exact) mass is 267 g/mol. The van der Waals surface area contributed by atoms with Crippen molar-refractivity contribution in [2.75, 3.05) is 5.32 Å². The zero-order valence-electron chi connectivity index (χ0n) is 9.46. The van der Waals surface area contributed by atoms with Gasteiger partial charge in [0.05, 0.1) is 5.69 Å². The molecule has 0 saturated carbocycles. The summed E-state index contributed by atoms with van der Waals surface area (Å²) in [7, 11) is 0. The van der Waals surface area contributed by atoms with Crippen LogP contribution >= 0.6 is 23.2 Å². The summed E-state index contributed by atoms with van der Waals surface area (Å²) in [6.07, 6.45) is 0. The molecule has 0 saturated heterocycles. The van der Waals surface area contributed by atoms with Crippen LogP contribution in [0.2, 0.25) is 10.3 Å². The van der Waals surface area contributed by atoms with Gasteiger partial charge in [0, 0.05) is 11.8 Å². The first kappa shape index (κ1) is 12.1. The van der Waals surface area contributed by atoms with Gasteiger partial charge in [-0.3, -0.25) is 0 Å². The lowest BCUT2D eigenvalue weighted by atomic mass is 10.1. The van der Waals surface area contributed by atoms with Crippen molar-refractivity contribution in [3.8, 4) is 0 Å². The number of nitrogens with zero attached hydrogens (tertiary/aromatic N) is 2. The van der Waals surface area contributed by atoms with Crippen LogP contribution in [0.4, 0.5) is 11.4 Å². The van der Waals surface area contributed by atoms with Gasteiger partial charge in [0.15, 0.2) is 10.3 Å². The highest BCUT2D eigenvalue weighted by atomic mass is 35.5. The minimum atomic E-state index is 0.300. The van der Waals surface area contributed by atoms with E-state index < -0.39 is 0 Å². The predicted octanol–water partition coefficient (Wildman–Crippen LogP) is 4.14. The largest absolute Gasteiger partial charge is 0.353 e. The van der Waals surface area contributed by atoms with Gasteiger partial charge in [0.2, 0.25) is 0 Å². The first-order valence-corrected chi connectivity index (χ1v) is 5.85. The smallest absolute Gasteiger partial charge is 0.175 e. The quantitative estimate of drug-likeness (QED) is 0.889. The van der Waals surface area contributed by atoms with Gasteiger partial charge in [-0.2, -0.15) is 0 Å². The fraction of sp³-hybridized carbons (Fsp3) is 0.167. The van der Waals surface area contributed by atoms with Gasteiger partial charge < -0.3 is 5.32 Å². The van der Waals surface area contributed by atoms with Gasteiger partial charge in [-0.15, -0.1) is 10.2 Å². The van der Waals surface area contributed by atoms with Crippen LogP contribution in [0.15, 0.2) is 24.3 Å². The lowest BCUT2D eigenvalue weighted by Crippen LogP contribution is -1.97. The Labute approximate surface area is 110 Å². The molecule has 1 aromatic carbocycles. The molecule has 1 N–H and O–H groups in total. The first-order valence-electron chi connectivity index (χ1n) is 5.09. The molecular formula is C12H11Cl2N3. The van der Waals surface area contributed by atoms with E-state index in [0.717, 1.165) is 11.3 Å². The van der Waals surface area contributed by atoms with Crippen LogP contribution in [-0.2, 0) is 0 Å². The van der Waals surface area contributed by atoms with Crippen molar-refractivity contribution >= 4 is 34.6 Å². The molecule has 0 radical (unpaired) electrons. The summed E-state index contributed by atoms with van der Waals surface area (Å²) in [5.74, 6) is 0. The second kappa shape index (κ2) is 4.90. The topological polar surface area (TPSA) is 37.8 Å². The van der Waals surface area contributed by atoms with E-state index in [0.29, 0.717) is 16.0 Å². The van der Waals surface area contributed by atoms with Crippen LogP contribution in [0, 0.1) is 13.8 Å². The number of aromatic nitrogens is 2. The lowest BCUT2D eigenvalue weighted by Gasteiger charge is -2.10. The van der Waals surface area contributed by atoms with Gasteiger partial charge in [-0.25, -0.2) is 0 Å². The maximum Gasteiger partial charge on any atom is 0.175 e. The maximum atomic E-state index is 5.93. The molecule has 2 aromatic rings. The molecule has 1 heterocycles. The molecule has 0 atom stereocenters. The third-order valence-corrected chi connectivity index (χ3v) is 2.83. The first-order chi connectivity index (χ1) is 8.06. The van der Waals surface area contributed by atoms with E-state index in [1.54, 1.807) is 6.07 Å². The molecule has 5 heteroatoms. The van der Waals surface area contributed by atoms with Crippen molar-refractivity contribution in [2.24, 2.45) is 0 Å². The van der Waals surface area contributed by atoms with E-state index in [4.69, 9.17) is 23.2 Å². The fourth-order valence-electron chi connectivity index (χ4n) is 1.54. The van der Waals surface area contributed by atoms with Crippen molar-refractivity contribution in [2.45, 2.75) is 13.8 Å². The third-order valence-electron chi connectivity index (χ3n) is 2.37. The van der Waals surface area contributed by atoms with E-state index in [9.17, 15) is 0 Å². The summed E-state index contributed by atoms with van der Waals surface area (Å²) in [4.78, 5) is 0. The normalized spacial score (nSPS) is 10.4. The van der Waals surface area contributed by atoms with Gasteiger partial charge in [-0.05, 0) is 25.5 Å². The Hall–Kier alpha value is -1.32. The Morgan fingerprint density at radius 1 is 1.00 bits per heavy atom. The second-order valence-corrected chi connectivity index (χ2v) is 4.56. The van der Waals surface area contributed by atoms with Crippen LogP contribution in [0.1, 0.15) is 11.1 Å². The summed E-state index contributed by atoms with van der Waals surface area (Å²) in [5.41, 5.74) is 3.97. The van der Waals surface area contributed by atoms with Crippen molar-refractivity contribution in [1.82, 2.24) is 10.2 Å². The molecule has 0 unspecified atom stereocenters. The summed E-state index contributed by atoms with van der Waals surface area (Å²) < 4.78 is 0. The van der Waals surface area contributed by atoms with Crippen LogP contribution in [0.5, 0.6) is 0 Å². The Morgan fingerprint density at radius 2 is 1.76 bits per heavy atom. The van der Waals surface area contributed by atoms with Gasteiger partial charge in [0.1, 0.15) is 0 Å². The molecule has 0 aliphatic carbocycles. The second-order valence-electron chi connectivity index (χ2n) is 3.81. The van der Waals surface area contributed by atoms with Crippen LogP contribution in [0.25, 0.3) is 0 Å². The van der Waals surface area contributed by atoms with Crippen molar-refractivity contribution in [1.29, 1.82) is 0 Å². The summed E-state index contributed by atoms with van der Waals surface area (Å²) >= 11 is 11.7. The maximum absolute atomic E-state index is 5.93. The highest BCUT2D eigenvalue weighted by molar-refractivity contribution is 6.33. The molecular weight excluding hydrogens is 257 g/mol. The molecule has 0 bridgehead atoms. The fourth-order valence-corrected chi connectivity index (χ4v) is 1.83. The number of nitrogens with one attached hydrogen (secondary N) is 1. The predicted molar refractivity (Wildman–Crippen MR) is 71.3 cm³/mol. The molecule has 88 valence electrons. The Balaban J connectivity index is 2.34. The summed E-state index contributed by atoms with van der Waals surface area (Å²) in [5, 5.41) is 11.2. The Bertz CT molecular complexity index is 555. The highest BCUT2D eigenvalue weighted by Crippen LogP contribution is 2.27. The number of hydrogen-bond donors (Lipinski definition) is 1. The Kier molecular flexibility index (Phi) is 3.50. The molecule has 0 fully saturated rings. The average Bonchev–Trinajstić information content (AvgIpc) is 2.27. The van der Waals surface area contributed by atoms with Crippen molar-refractivity contribution in [3.63, 3.8) is 0 Å². The number of aryl methyl sites for hydroxylation is 2. The standard InChI is InChI=1S/C12H11Cl2N3/c1-7-3-4-9(8(2)5-7)15-10-6-11(13)16-17-12(10)14/h3-6H,1-2H3,(H,15,16). The lowest BCUT2D eigenvalue weighted by molar-refractivity contribution is 1.03. The molecule has 0 spiro atoms. The van der Waals surface area contributed by atoms with Crippen molar-refractivity contribution < 1.29 is 0 Å². The minimum Gasteiger partial charge on any atom is -0.353 e. The molecule has 1 aromatic heterocycles. The third kappa shape index (κ3) is 2.87. The summed E-state index contributed by atoms with van der Waals surface area (Å²) in [6.45, 7) is 4.08. The Morgan fingerprint density at radius 3 is 2.47 bits per heavy atom. The van der Waals surface area contributed by atoms with Gasteiger partial charge in [-0.1, -0.05) is 40.9 Å². The molecule has 17 heavy (non-hydrogen) atoms. The van der Waals surface area contributed by atoms with E-state index in [1.165, 1.54) is 5.56 Å². The summed E-state index contributed by atoms with van der Waals surface area (Å²) in [6, 6.07) is 7.76.